The Balaban J connectivity index is 3.21. The predicted octanol–water partition coefficient (Wildman–Crippen LogP) is 2.28. The molecule has 3 heteroatoms. The van der Waals surface area contributed by atoms with Crippen LogP contribution in [0.2, 0.25) is 5.02 Å². The lowest BCUT2D eigenvalue weighted by atomic mass is 10.1. The highest BCUT2D eigenvalue weighted by Crippen LogP contribution is 2.19. The minimum absolute atomic E-state index is 0.0969. The number of hydrogen-bond acceptors (Lipinski definition) is 1. The standard InChI is InChI=1S/C8H8ClFO/c1-5-2-7(9)8(10)3-6(5)4-11/h2-3,11H,4H2,1H3. The zero-order valence-corrected chi connectivity index (χ0v) is 6.82. The van der Waals surface area contributed by atoms with Crippen molar-refractivity contribution in [2.24, 2.45) is 0 Å². The van der Waals surface area contributed by atoms with E-state index in [0.717, 1.165) is 5.56 Å². The molecule has 1 nitrogen and oxygen atoms in total. The molecule has 0 saturated carbocycles. The molecule has 0 bridgehead atoms. The quantitative estimate of drug-likeness (QED) is 0.693. The van der Waals surface area contributed by atoms with Crippen LogP contribution in [-0.2, 0) is 6.61 Å². The number of aryl methyl sites for hydroxylation is 1. The van der Waals surface area contributed by atoms with Crippen LogP contribution in [0.25, 0.3) is 0 Å². The van der Waals surface area contributed by atoms with Crippen LogP contribution in [-0.4, -0.2) is 5.11 Å². The average molecular weight is 175 g/mol. The molecule has 0 unspecified atom stereocenters. The summed E-state index contributed by atoms with van der Waals surface area (Å²) < 4.78 is 12.7. The number of rotatable bonds is 1. The second-order valence-electron chi connectivity index (χ2n) is 2.35. The largest absolute Gasteiger partial charge is 0.392 e. The van der Waals surface area contributed by atoms with Gasteiger partial charge in [-0.2, -0.15) is 0 Å². The highest BCUT2D eigenvalue weighted by Gasteiger charge is 2.03. The van der Waals surface area contributed by atoms with Crippen molar-refractivity contribution < 1.29 is 9.50 Å². The van der Waals surface area contributed by atoms with Gasteiger partial charge in [0, 0.05) is 0 Å². The first kappa shape index (κ1) is 8.50. The maximum absolute atomic E-state index is 12.7. The van der Waals surface area contributed by atoms with E-state index in [-0.39, 0.29) is 11.6 Å². The van der Waals surface area contributed by atoms with Gasteiger partial charge in [-0.15, -0.1) is 0 Å². The summed E-state index contributed by atoms with van der Waals surface area (Å²) in [6.45, 7) is 1.62. The third kappa shape index (κ3) is 1.70. The number of aliphatic hydroxyl groups excluding tert-OH is 1. The molecule has 0 atom stereocenters. The number of benzene rings is 1. The Bertz CT molecular complexity index is 273. The van der Waals surface area contributed by atoms with E-state index in [1.807, 2.05) is 0 Å². The van der Waals surface area contributed by atoms with Gasteiger partial charge in [0.2, 0.25) is 0 Å². The number of aliphatic hydroxyl groups is 1. The molecule has 1 aromatic rings. The maximum Gasteiger partial charge on any atom is 0.142 e. The van der Waals surface area contributed by atoms with Crippen LogP contribution < -0.4 is 0 Å². The van der Waals surface area contributed by atoms with Crippen molar-refractivity contribution in [2.75, 3.05) is 0 Å². The molecule has 0 amide bonds. The van der Waals surface area contributed by atoms with E-state index in [2.05, 4.69) is 0 Å². The highest BCUT2D eigenvalue weighted by atomic mass is 35.5. The molecule has 1 rings (SSSR count). The first-order valence-electron chi connectivity index (χ1n) is 3.20. The van der Waals surface area contributed by atoms with Gasteiger partial charge in [-0.25, -0.2) is 4.39 Å². The first-order chi connectivity index (χ1) is 5.15. The van der Waals surface area contributed by atoms with Gasteiger partial charge < -0.3 is 5.11 Å². The molecule has 0 aliphatic heterocycles. The van der Waals surface area contributed by atoms with Crippen molar-refractivity contribution in [3.8, 4) is 0 Å². The zero-order valence-electron chi connectivity index (χ0n) is 6.06. The molecule has 1 aromatic carbocycles. The average Bonchev–Trinajstić information content (AvgIpc) is 1.97. The molecule has 0 radical (unpaired) electrons. The molecule has 0 saturated heterocycles. The van der Waals surface area contributed by atoms with Gasteiger partial charge in [0.1, 0.15) is 5.82 Å². The van der Waals surface area contributed by atoms with Crippen molar-refractivity contribution in [3.05, 3.63) is 34.1 Å². The molecule has 0 aliphatic carbocycles. The zero-order chi connectivity index (χ0) is 8.43. The van der Waals surface area contributed by atoms with Crippen molar-refractivity contribution >= 4 is 11.6 Å². The molecule has 0 heterocycles. The summed E-state index contributed by atoms with van der Waals surface area (Å²) in [6, 6.07) is 2.75. The molecular weight excluding hydrogens is 167 g/mol. The summed E-state index contributed by atoms with van der Waals surface area (Å²) in [5.41, 5.74) is 1.38. The van der Waals surface area contributed by atoms with Crippen LogP contribution in [0.4, 0.5) is 4.39 Å². The SMILES string of the molecule is Cc1cc(Cl)c(F)cc1CO. The van der Waals surface area contributed by atoms with E-state index < -0.39 is 5.82 Å². The maximum atomic E-state index is 12.7. The van der Waals surface area contributed by atoms with Crippen LogP contribution in [0.15, 0.2) is 12.1 Å². The predicted molar refractivity (Wildman–Crippen MR) is 42.1 cm³/mol. The second-order valence-corrected chi connectivity index (χ2v) is 2.76. The molecule has 1 N–H and O–H groups in total. The lowest BCUT2D eigenvalue weighted by Crippen LogP contribution is -1.90. The van der Waals surface area contributed by atoms with Crippen LogP contribution in [0.1, 0.15) is 11.1 Å². The van der Waals surface area contributed by atoms with Gasteiger partial charge in [0.25, 0.3) is 0 Å². The summed E-state index contributed by atoms with van der Waals surface area (Å²) in [7, 11) is 0. The van der Waals surface area contributed by atoms with Crippen molar-refractivity contribution in [3.63, 3.8) is 0 Å². The van der Waals surface area contributed by atoms with E-state index in [1.165, 1.54) is 12.1 Å². The van der Waals surface area contributed by atoms with Gasteiger partial charge in [-0.1, -0.05) is 11.6 Å². The normalized spacial score (nSPS) is 10.2. The van der Waals surface area contributed by atoms with Crippen LogP contribution in [0, 0.1) is 12.7 Å². The van der Waals surface area contributed by atoms with E-state index in [4.69, 9.17) is 16.7 Å². The Kier molecular flexibility index (Phi) is 2.47. The highest BCUT2D eigenvalue weighted by molar-refractivity contribution is 6.30. The van der Waals surface area contributed by atoms with E-state index in [0.29, 0.717) is 5.56 Å². The van der Waals surface area contributed by atoms with Crippen molar-refractivity contribution in [1.82, 2.24) is 0 Å². The minimum Gasteiger partial charge on any atom is -0.392 e. The molecule has 0 aromatic heterocycles. The van der Waals surface area contributed by atoms with Crippen LogP contribution in [0.5, 0.6) is 0 Å². The fourth-order valence-corrected chi connectivity index (χ4v) is 1.08. The summed E-state index contributed by atoms with van der Waals surface area (Å²) in [6.07, 6.45) is 0. The van der Waals surface area contributed by atoms with Gasteiger partial charge in [0.15, 0.2) is 0 Å². The first-order valence-corrected chi connectivity index (χ1v) is 3.58. The Hall–Kier alpha value is -0.600. The molecule has 0 aliphatic rings. The van der Waals surface area contributed by atoms with Crippen molar-refractivity contribution in [1.29, 1.82) is 0 Å². The number of halogens is 2. The Labute approximate surface area is 69.4 Å². The fourth-order valence-electron chi connectivity index (χ4n) is 0.858. The minimum atomic E-state index is -0.485. The monoisotopic (exact) mass is 174 g/mol. The summed E-state index contributed by atoms with van der Waals surface area (Å²) >= 11 is 5.49. The van der Waals surface area contributed by atoms with E-state index in [9.17, 15) is 4.39 Å². The van der Waals surface area contributed by atoms with Crippen LogP contribution in [0.3, 0.4) is 0 Å². The lowest BCUT2D eigenvalue weighted by molar-refractivity contribution is 0.280. The molecule has 0 spiro atoms. The topological polar surface area (TPSA) is 20.2 Å². The molecule has 11 heavy (non-hydrogen) atoms. The summed E-state index contributed by atoms with van der Waals surface area (Å²) in [4.78, 5) is 0. The summed E-state index contributed by atoms with van der Waals surface area (Å²) in [5, 5.41) is 8.82. The van der Waals surface area contributed by atoms with Crippen LogP contribution >= 0.6 is 11.6 Å². The Morgan fingerprint density at radius 1 is 1.55 bits per heavy atom. The number of hydrogen-bond donors (Lipinski definition) is 1. The Morgan fingerprint density at radius 3 is 2.73 bits per heavy atom. The smallest absolute Gasteiger partial charge is 0.142 e. The van der Waals surface area contributed by atoms with E-state index >= 15 is 0 Å². The van der Waals surface area contributed by atoms with Gasteiger partial charge in [-0.3, -0.25) is 0 Å². The van der Waals surface area contributed by atoms with Gasteiger partial charge in [-0.05, 0) is 30.2 Å². The summed E-state index contributed by atoms with van der Waals surface area (Å²) in [5.74, 6) is -0.485. The third-order valence-electron chi connectivity index (χ3n) is 1.55. The molecule has 0 fully saturated rings. The fraction of sp³-hybridized carbons (Fsp3) is 0.250. The van der Waals surface area contributed by atoms with Crippen molar-refractivity contribution in [2.45, 2.75) is 13.5 Å². The molecular formula is C8H8ClFO. The third-order valence-corrected chi connectivity index (χ3v) is 1.84. The van der Waals surface area contributed by atoms with Gasteiger partial charge in [0.05, 0.1) is 11.6 Å². The molecule has 60 valence electrons. The second kappa shape index (κ2) is 3.20. The Morgan fingerprint density at radius 2 is 2.18 bits per heavy atom. The van der Waals surface area contributed by atoms with Gasteiger partial charge >= 0.3 is 0 Å². The lowest BCUT2D eigenvalue weighted by Gasteiger charge is -2.02. The van der Waals surface area contributed by atoms with E-state index in [1.54, 1.807) is 6.92 Å².